The molecule has 3 rings (SSSR count). The van der Waals surface area contributed by atoms with E-state index in [9.17, 15) is 4.79 Å². The fourth-order valence-corrected chi connectivity index (χ4v) is 3.22. The molecule has 0 aliphatic carbocycles. The molecule has 5 nitrogen and oxygen atoms in total. The maximum Gasteiger partial charge on any atom is 0.321 e. The van der Waals surface area contributed by atoms with Crippen molar-refractivity contribution in [3.63, 3.8) is 0 Å². The van der Waals surface area contributed by atoms with E-state index in [1.54, 1.807) is 7.11 Å². The number of anilines is 1. The number of carbonyl (C=O) groups is 1. The number of carbonyl (C=O) groups excluding carboxylic acids is 1. The van der Waals surface area contributed by atoms with Crippen molar-refractivity contribution in [3.05, 3.63) is 24.3 Å². The molecule has 1 aromatic rings. The second kappa shape index (κ2) is 6.35. The molecule has 1 atom stereocenters. The predicted molar refractivity (Wildman–Crippen MR) is 82.8 cm³/mol. The highest BCUT2D eigenvalue weighted by molar-refractivity contribution is 5.89. The van der Waals surface area contributed by atoms with Crippen LogP contribution in [0.5, 0.6) is 5.75 Å². The molecule has 1 aromatic carbocycles. The Bertz CT molecular complexity index is 489. The lowest BCUT2D eigenvalue weighted by molar-refractivity contribution is 0.0678. The first-order chi connectivity index (χ1) is 10.3. The van der Waals surface area contributed by atoms with Crippen molar-refractivity contribution >= 4 is 11.7 Å². The predicted octanol–water partition coefficient (Wildman–Crippen LogP) is 2.40. The number of hydrogen-bond acceptors (Lipinski definition) is 3. The fraction of sp³-hybridized carbons (Fsp3) is 0.562. The van der Waals surface area contributed by atoms with Crippen LogP contribution in [0.15, 0.2) is 24.3 Å². The molecular formula is C16H23N3O2. The Morgan fingerprint density at radius 2 is 2.00 bits per heavy atom. The van der Waals surface area contributed by atoms with Crippen LogP contribution in [0.1, 0.15) is 19.3 Å². The van der Waals surface area contributed by atoms with Gasteiger partial charge >= 0.3 is 6.03 Å². The van der Waals surface area contributed by atoms with Crippen LogP contribution < -0.4 is 10.1 Å². The van der Waals surface area contributed by atoms with Crippen LogP contribution in [0.3, 0.4) is 0 Å². The summed E-state index contributed by atoms with van der Waals surface area (Å²) >= 11 is 0. The quantitative estimate of drug-likeness (QED) is 0.909. The number of piperazine rings is 1. The molecule has 0 radical (unpaired) electrons. The number of rotatable bonds is 2. The van der Waals surface area contributed by atoms with Crippen LogP contribution in [0.2, 0.25) is 0 Å². The van der Waals surface area contributed by atoms with Gasteiger partial charge in [0.1, 0.15) is 5.75 Å². The molecule has 5 heteroatoms. The Morgan fingerprint density at radius 1 is 1.19 bits per heavy atom. The number of benzene rings is 1. The normalized spacial score (nSPS) is 22.5. The Morgan fingerprint density at radius 3 is 2.76 bits per heavy atom. The summed E-state index contributed by atoms with van der Waals surface area (Å²) in [4.78, 5) is 16.8. The zero-order chi connectivity index (χ0) is 14.7. The van der Waals surface area contributed by atoms with Gasteiger partial charge in [-0.2, -0.15) is 0 Å². The van der Waals surface area contributed by atoms with E-state index in [0.29, 0.717) is 6.04 Å². The Hall–Kier alpha value is -1.75. The van der Waals surface area contributed by atoms with Crippen molar-refractivity contribution in [2.45, 2.75) is 25.3 Å². The Kier molecular flexibility index (Phi) is 4.29. The fourth-order valence-electron chi connectivity index (χ4n) is 3.22. The summed E-state index contributed by atoms with van der Waals surface area (Å²) in [5, 5.41) is 2.97. The van der Waals surface area contributed by atoms with Crippen LogP contribution in [-0.2, 0) is 0 Å². The molecule has 0 saturated carbocycles. The van der Waals surface area contributed by atoms with Crippen molar-refractivity contribution in [1.29, 1.82) is 0 Å². The van der Waals surface area contributed by atoms with E-state index in [2.05, 4.69) is 10.2 Å². The minimum absolute atomic E-state index is 0.00499. The molecule has 0 spiro atoms. The summed E-state index contributed by atoms with van der Waals surface area (Å²) in [5.41, 5.74) is 0.812. The highest BCUT2D eigenvalue weighted by Crippen LogP contribution is 2.22. The van der Waals surface area contributed by atoms with E-state index in [1.165, 1.54) is 25.8 Å². The molecule has 1 unspecified atom stereocenters. The maximum absolute atomic E-state index is 12.4. The van der Waals surface area contributed by atoms with Crippen molar-refractivity contribution in [2.75, 3.05) is 38.6 Å². The SMILES string of the molecule is COc1ccc(NC(=O)N2CCN3CCCCC3C2)cc1. The Labute approximate surface area is 125 Å². The first-order valence-electron chi connectivity index (χ1n) is 7.70. The minimum atomic E-state index is 0.00499. The lowest BCUT2D eigenvalue weighted by atomic mass is 10.00. The first kappa shape index (κ1) is 14.2. The second-order valence-electron chi connectivity index (χ2n) is 5.79. The summed E-state index contributed by atoms with van der Waals surface area (Å²) in [6.45, 7) is 3.86. The second-order valence-corrected chi connectivity index (χ2v) is 5.79. The van der Waals surface area contributed by atoms with Gasteiger partial charge in [-0.3, -0.25) is 4.90 Å². The number of amides is 2. The number of methoxy groups -OCH3 is 1. The number of nitrogens with one attached hydrogen (secondary N) is 1. The maximum atomic E-state index is 12.4. The zero-order valence-corrected chi connectivity index (χ0v) is 12.5. The molecule has 2 saturated heterocycles. The lowest BCUT2D eigenvalue weighted by Gasteiger charge is -2.43. The van der Waals surface area contributed by atoms with Gasteiger partial charge in [-0.05, 0) is 43.7 Å². The number of fused-ring (bicyclic) bond motifs is 1. The molecule has 2 aliphatic heterocycles. The van der Waals surface area contributed by atoms with Gasteiger partial charge < -0.3 is 15.0 Å². The number of urea groups is 1. The van der Waals surface area contributed by atoms with Crippen molar-refractivity contribution in [3.8, 4) is 5.75 Å². The molecule has 2 fully saturated rings. The van der Waals surface area contributed by atoms with Crippen molar-refractivity contribution in [1.82, 2.24) is 9.80 Å². The van der Waals surface area contributed by atoms with E-state index in [1.807, 2.05) is 29.2 Å². The molecule has 0 bridgehead atoms. The van der Waals surface area contributed by atoms with Gasteiger partial charge in [-0.15, -0.1) is 0 Å². The van der Waals surface area contributed by atoms with Crippen molar-refractivity contribution < 1.29 is 9.53 Å². The van der Waals surface area contributed by atoms with Gasteiger partial charge in [0.25, 0.3) is 0 Å². The summed E-state index contributed by atoms with van der Waals surface area (Å²) in [6.07, 6.45) is 3.80. The van der Waals surface area contributed by atoms with Gasteiger partial charge in [0.2, 0.25) is 0 Å². The number of hydrogen-bond donors (Lipinski definition) is 1. The number of piperidine rings is 1. The highest BCUT2D eigenvalue weighted by atomic mass is 16.5. The summed E-state index contributed by atoms with van der Waals surface area (Å²) in [5.74, 6) is 0.795. The van der Waals surface area contributed by atoms with Crippen LogP contribution in [0.25, 0.3) is 0 Å². The molecule has 1 N–H and O–H groups in total. The molecule has 2 aliphatic rings. The number of nitrogens with zero attached hydrogens (tertiary/aromatic N) is 2. The van der Waals surface area contributed by atoms with Gasteiger partial charge in [-0.1, -0.05) is 6.42 Å². The largest absolute Gasteiger partial charge is 0.497 e. The summed E-state index contributed by atoms with van der Waals surface area (Å²) < 4.78 is 5.12. The third kappa shape index (κ3) is 3.29. The highest BCUT2D eigenvalue weighted by Gasteiger charge is 2.30. The molecule has 0 aromatic heterocycles. The molecular weight excluding hydrogens is 266 g/mol. The third-order valence-electron chi connectivity index (χ3n) is 4.47. The molecule has 2 amide bonds. The summed E-state index contributed by atoms with van der Waals surface area (Å²) in [6, 6.07) is 8.00. The first-order valence-corrected chi connectivity index (χ1v) is 7.70. The van der Waals surface area contributed by atoms with Gasteiger partial charge in [0.15, 0.2) is 0 Å². The van der Waals surface area contributed by atoms with E-state index in [-0.39, 0.29) is 6.03 Å². The Balaban J connectivity index is 1.57. The van der Waals surface area contributed by atoms with Gasteiger partial charge in [0, 0.05) is 31.4 Å². The smallest absolute Gasteiger partial charge is 0.321 e. The van der Waals surface area contributed by atoms with Gasteiger partial charge in [0.05, 0.1) is 7.11 Å². The van der Waals surface area contributed by atoms with E-state index in [0.717, 1.165) is 31.1 Å². The van der Waals surface area contributed by atoms with E-state index >= 15 is 0 Å². The summed E-state index contributed by atoms with van der Waals surface area (Å²) in [7, 11) is 1.64. The third-order valence-corrected chi connectivity index (χ3v) is 4.47. The van der Waals surface area contributed by atoms with Crippen molar-refractivity contribution in [2.24, 2.45) is 0 Å². The van der Waals surface area contributed by atoms with E-state index in [4.69, 9.17) is 4.74 Å². The number of ether oxygens (including phenoxy) is 1. The monoisotopic (exact) mass is 289 g/mol. The lowest BCUT2D eigenvalue weighted by Crippen LogP contribution is -2.56. The van der Waals surface area contributed by atoms with Crippen LogP contribution in [0.4, 0.5) is 10.5 Å². The molecule has 21 heavy (non-hydrogen) atoms. The standard InChI is InChI=1S/C16H23N3O2/c1-21-15-7-5-13(6-8-15)17-16(20)19-11-10-18-9-3-2-4-14(18)12-19/h5-8,14H,2-4,9-12H2,1H3,(H,17,20). The van der Waals surface area contributed by atoms with E-state index < -0.39 is 0 Å². The average Bonchev–Trinajstić information content (AvgIpc) is 2.55. The minimum Gasteiger partial charge on any atom is -0.497 e. The topological polar surface area (TPSA) is 44.8 Å². The average molecular weight is 289 g/mol. The van der Waals surface area contributed by atoms with Crippen LogP contribution in [0, 0.1) is 0 Å². The van der Waals surface area contributed by atoms with Crippen LogP contribution >= 0.6 is 0 Å². The molecule has 114 valence electrons. The molecule has 2 heterocycles. The zero-order valence-electron chi connectivity index (χ0n) is 12.5. The van der Waals surface area contributed by atoms with Crippen LogP contribution in [-0.4, -0.2) is 55.2 Å². The van der Waals surface area contributed by atoms with Gasteiger partial charge in [-0.25, -0.2) is 4.79 Å².